The first kappa shape index (κ1) is 20.6. The molecule has 7 heteroatoms. The number of rotatable bonds is 7. The molecule has 6 nitrogen and oxygen atoms in total. The molecule has 142 valence electrons. The highest BCUT2D eigenvalue weighted by Crippen LogP contribution is 2.14. The number of amides is 2. The van der Waals surface area contributed by atoms with E-state index in [1.54, 1.807) is 67.4 Å². The van der Waals surface area contributed by atoms with Crippen LogP contribution in [0.5, 0.6) is 0 Å². The van der Waals surface area contributed by atoms with Gasteiger partial charge in [0, 0.05) is 22.0 Å². The molecule has 2 aromatic carbocycles. The Hall–Kier alpha value is -2.70. The molecule has 0 saturated carbocycles. The zero-order valence-corrected chi connectivity index (χ0v) is 16.2. The van der Waals surface area contributed by atoms with Crippen molar-refractivity contribution in [3.8, 4) is 0 Å². The predicted molar refractivity (Wildman–Crippen MR) is 107 cm³/mol. The highest BCUT2D eigenvalue weighted by Gasteiger charge is 2.20. The summed E-state index contributed by atoms with van der Waals surface area (Å²) in [6.45, 7) is 3.26. The number of anilines is 2. The predicted octanol–water partition coefficient (Wildman–Crippen LogP) is 3.44. The van der Waals surface area contributed by atoms with Crippen LogP contribution in [0.2, 0.25) is 5.02 Å². The standard InChI is InChI=1S/C20H22ClN3O3/c1-13(20(27)23-18-8-4-15(5-9-18)14(2)25)24(3)12-19(26)22-17-10-6-16(21)7-11-17/h4-11,13H,12H2,1-3H3,(H,22,26)(H,23,27). The zero-order valence-electron chi connectivity index (χ0n) is 15.5. The molecule has 27 heavy (non-hydrogen) atoms. The summed E-state index contributed by atoms with van der Waals surface area (Å²) in [5.41, 5.74) is 1.81. The van der Waals surface area contributed by atoms with Gasteiger partial charge in [0.2, 0.25) is 11.8 Å². The molecule has 2 amide bonds. The van der Waals surface area contributed by atoms with Crippen molar-refractivity contribution in [1.82, 2.24) is 4.90 Å². The molecule has 0 spiro atoms. The summed E-state index contributed by atoms with van der Waals surface area (Å²) in [6.07, 6.45) is 0. The van der Waals surface area contributed by atoms with E-state index in [1.807, 2.05) is 0 Å². The third-order valence-corrected chi connectivity index (χ3v) is 4.37. The Morgan fingerprint density at radius 2 is 1.48 bits per heavy atom. The average molecular weight is 388 g/mol. The molecule has 0 radical (unpaired) electrons. The number of Topliss-reactive ketones (excluding diaryl/α,β-unsaturated/α-hetero) is 1. The normalized spacial score (nSPS) is 11.7. The monoisotopic (exact) mass is 387 g/mol. The molecule has 0 aliphatic heterocycles. The fourth-order valence-corrected chi connectivity index (χ4v) is 2.46. The van der Waals surface area contributed by atoms with Crippen LogP contribution in [0.4, 0.5) is 11.4 Å². The molecular formula is C20H22ClN3O3. The highest BCUT2D eigenvalue weighted by molar-refractivity contribution is 6.30. The van der Waals surface area contributed by atoms with Gasteiger partial charge in [-0.3, -0.25) is 19.3 Å². The molecule has 2 rings (SSSR count). The van der Waals surface area contributed by atoms with Crippen molar-refractivity contribution < 1.29 is 14.4 Å². The maximum Gasteiger partial charge on any atom is 0.241 e. The van der Waals surface area contributed by atoms with Crippen molar-refractivity contribution in [3.05, 3.63) is 59.1 Å². The summed E-state index contributed by atoms with van der Waals surface area (Å²) < 4.78 is 0. The number of carbonyl (C=O) groups is 3. The Labute approximate surface area is 163 Å². The van der Waals surface area contributed by atoms with Gasteiger partial charge in [0.05, 0.1) is 12.6 Å². The van der Waals surface area contributed by atoms with E-state index in [9.17, 15) is 14.4 Å². The number of halogens is 1. The first-order valence-corrected chi connectivity index (χ1v) is 8.81. The summed E-state index contributed by atoms with van der Waals surface area (Å²) in [7, 11) is 1.70. The molecular weight excluding hydrogens is 366 g/mol. The smallest absolute Gasteiger partial charge is 0.241 e. The lowest BCUT2D eigenvalue weighted by atomic mass is 10.1. The minimum atomic E-state index is -0.520. The summed E-state index contributed by atoms with van der Waals surface area (Å²) in [4.78, 5) is 37.5. The summed E-state index contributed by atoms with van der Waals surface area (Å²) in [6, 6.07) is 12.9. The second-order valence-corrected chi connectivity index (χ2v) is 6.71. The van der Waals surface area contributed by atoms with E-state index in [4.69, 9.17) is 11.6 Å². The number of likely N-dealkylation sites (N-methyl/N-ethyl adjacent to an activating group) is 1. The molecule has 0 aromatic heterocycles. The maximum absolute atomic E-state index is 12.4. The van der Waals surface area contributed by atoms with Crippen molar-refractivity contribution in [2.45, 2.75) is 19.9 Å². The van der Waals surface area contributed by atoms with E-state index >= 15 is 0 Å². The van der Waals surface area contributed by atoms with Crippen molar-refractivity contribution in [1.29, 1.82) is 0 Å². The van der Waals surface area contributed by atoms with Gasteiger partial charge in [0.15, 0.2) is 5.78 Å². The molecule has 0 saturated heterocycles. The minimum Gasteiger partial charge on any atom is -0.325 e. The Morgan fingerprint density at radius 1 is 0.963 bits per heavy atom. The Balaban J connectivity index is 1.88. The van der Waals surface area contributed by atoms with Crippen LogP contribution in [-0.2, 0) is 9.59 Å². The van der Waals surface area contributed by atoms with E-state index in [2.05, 4.69) is 10.6 Å². The second kappa shape index (κ2) is 9.30. The third kappa shape index (κ3) is 6.20. The lowest BCUT2D eigenvalue weighted by molar-refractivity contribution is -0.122. The summed E-state index contributed by atoms with van der Waals surface area (Å²) >= 11 is 5.82. The number of ketones is 1. The van der Waals surface area contributed by atoms with E-state index in [1.165, 1.54) is 6.92 Å². The van der Waals surface area contributed by atoms with E-state index in [0.29, 0.717) is 22.0 Å². The number of benzene rings is 2. The molecule has 0 aliphatic rings. The summed E-state index contributed by atoms with van der Waals surface area (Å²) in [5.74, 6) is -0.509. The van der Waals surface area contributed by atoms with E-state index in [-0.39, 0.29) is 24.1 Å². The molecule has 0 heterocycles. The third-order valence-electron chi connectivity index (χ3n) is 4.12. The average Bonchev–Trinajstić information content (AvgIpc) is 2.63. The molecule has 2 N–H and O–H groups in total. The van der Waals surface area contributed by atoms with Gasteiger partial charge in [0.1, 0.15) is 0 Å². The van der Waals surface area contributed by atoms with Gasteiger partial charge >= 0.3 is 0 Å². The molecule has 2 aromatic rings. The van der Waals surface area contributed by atoms with Crippen LogP contribution in [0.3, 0.4) is 0 Å². The fourth-order valence-electron chi connectivity index (χ4n) is 2.33. The number of nitrogens with one attached hydrogen (secondary N) is 2. The highest BCUT2D eigenvalue weighted by atomic mass is 35.5. The van der Waals surface area contributed by atoms with Crippen LogP contribution in [0.15, 0.2) is 48.5 Å². The Bertz CT molecular complexity index is 819. The van der Waals surface area contributed by atoms with Gasteiger partial charge in [-0.25, -0.2) is 0 Å². The first-order chi connectivity index (χ1) is 12.8. The van der Waals surface area contributed by atoms with Crippen molar-refractivity contribution >= 4 is 40.6 Å². The van der Waals surface area contributed by atoms with Crippen molar-refractivity contribution in [2.24, 2.45) is 0 Å². The van der Waals surface area contributed by atoms with Gasteiger partial charge in [0.25, 0.3) is 0 Å². The van der Waals surface area contributed by atoms with Crippen molar-refractivity contribution in [3.63, 3.8) is 0 Å². The van der Waals surface area contributed by atoms with Crippen LogP contribution >= 0.6 is 11.6 Å². The molecule has 0 aliphatic carbocycles. The van der Waals surface area contributed by atoms with E-state index < -0.39 is 6.04 Å². The number of hydrogen-bond acceptors (Lipinski definition) is 4. The van der Waals surface area contributed by atoms with Crippen LogP contribution in [0.1, 0.15) is 24.2 Å². The Morgan fingerprint density at radius 3 is 2.04 bits per heavy atom. The van der Waals surface area contributed by atoms with Crippen molar-refractivity contribution in [2.75, 3.05) is 24.2 Å². The van der Waals surface area contributed by atoms with Gasteiger partial charge < -0.3 is 10.6 Å². The largest absolute Gasteiger partial charge is 0.325 e. The Kier molecular flexibility index (Phi) is 7.10. The zero-order chi connectivity index (χ0) is 20.0. The van der Waals surface area contributed by atoms with Gasteiger partial charge in [-0.1, -0.05) is 11.6 Å². The fraction of sp³-hybridized carbons (Fsp3) is 0.250. The molecule has 0 bridgehead atoms. The topological polar surface area (TPSA) is 78.5 Å². The van der Waals surface area contributed by atoms with Gasteiger partial charge in [-0.05, 0) is 69.4 Å². The SMILES string of the molecule is CC(=O)c1ccc(NC(=O)C(C)N(C)CC(=O)Nc2ccc(Cl)cc2)cc1. The van der Waals surface area contributed by atoms with Crippen LogP contribution in [-0.4, -0.2) is 42.1 Å². The molecule has 1 unspecified atom stereocenters. The summed E-state index contributed by atoms with van der Waals surface area (Å²) in [5, 5.41) is 6.13. The van der Waals surface area contributed by atoms with Crippen LogP contribution < -0.4 is 10.6 Å². The quantitative estimate of drug-likeness (QED) is 0.713. The van der Waals surface area contributed by atoms with Gasteiger partial charge in [-0.2, -0.15) is 0 Å². The first-order valence-electron chi connectivity index (χ1n) is 8.44. The van der Waals surface area contributed by atoms with E-state index in [0.717, 1.165) is 0 Å². The number of hydrogen-bond donors (Lipinski definition) is 2. The lowest BCUT2D eigenvalue weighted by Gasteiger charge is -2.23. The lowest BCUT2D eigenvalue weighted by Crippen LogP contribution is -2.43. The van der Waals surface area contributed by atoms with Crippen LogP contribution in [0, 0.1) is 0 Å². The van der Waals surface area contributed by atoms with Crippen LogP contribution in [0.25, 0.3) is 0 Å². The van der Waals surface area contributed by atoms with Gasteiger partial charge in [-0.15, -0.1) is 0 Å². The maximum atomic E-state index is 12.4. The second-order valence-electron chi connectivity index (χ2n) is 6.27. The number of nitrogens with zero attached hydrogens (tertiary/aromatic N) is 1. The number of carbonyl (C=O) groups excluding carboxylic acids is 3. The molecule has 0 fully saturated rings. The minimum absolute atomic E-state index is 0.0346. The molecule has 1 atom stereocenters.